The molecule has 0 aromatic carbocycles. The van der Waals surface area contributed by atoms with Gasteiger partial charge in [-0.05, 0) is 42.3 Å². The molecule has 1 aliphatic carbocycles. The van der Waals surface area contributed by atoms with Crippen molar-refractivity contribution in [3.05, 3.63) is 61.8 Å². The van der Waals surface area contributed by atoms with Crippen LogP contribution in [-0.4, -0.2) is 27.8 Å². The highest BCUT2D eigenvalue weighted by Crippen LogP contribution is 2.28. The summed E-state index contributed by atoms with van der Waals surface area (Å²) in [5.74, 6) is -0.262. The molecular weight excluding hydrogens is 354 g/mol. The van der Waals surface area contributed by atoms with Crippen LogP contribution in [0.5, 0.6) is 0 Å². The van der Waals surface area contributed by atoms with Gasteiger partial charge in [-0.25, -0.2) is 4.98 Å². The molecule has 3 aromatic rings. The van der Waals surface area contributed by atoms with Crippen LogP contribution in [0.2, 0.25) is 0 Å². The number of amides is 1. The summed E-state index contributed by atoms with van der Waals surface area (Å²) in [5.41, 5.74) is 2.82. The molecule has 25 heavy (non-hydrogen) atoms. The number of aromatic amines is 1. The lowest BCUT2D eigenvalue weighted by Crippen LogP contribution is -2.32. The predicted octanol–water partition coefficient (Wildman–Crippen LogP) is 3.32. The van der Waals surface area contributed by atoms with Crippen molar-refractivity contribution in [1.82, 2.24) is 14.9 Å². The summed E-state index contributed by atoms with van der Waals surface area (Å²) < 4.78 is 0. The number of carbonyl (C=O) groups excluding carboxylic acids is 1. The lowest BCUT2D eigenvalue weighted by Gasteiger charge is -2.16. The van der Waals surface area contributed by atoms with Gasteiger partial charge in [-0.3, -0.25) is 9.59 Å². The van der Waals surface area contributed by atoms with Gasteiger partial charge in [0.1, 0.15) is 10.6 Å². The minimum Gasteiger partial charge on any atom is -0.336 e. The number of fused-ring (bicyclic) bond motifs is 1. The Labute approximate surface area is 153 Å². The normalized spacial score (nSPS) is 13.0. The molecule has 1 N–H and O–H groups in total. The Morgan fingerprint density at radius 3 is 3.04 bits per heavy atom. The molecule has 5 nitrogen and oxygen atoms in total. The molecule has 0 atom stereocenters. The van der Waals surface area contributed by atoms with Crippen molar-refractivity contribution in [3.63, 3.8) is 0 Å². The lowest BCUT2D eigenvalue weighted by atomic mass is 10.1. The van der Waals surface area contributed by atoms with Crippen LogP contribution in [0, 0.1) is 0 Å². The van der Waals surface area contributed by atoms with Crippen LogP contribution in [0.1, 0.15) is 33.7 Å². The Balaban J connectivity index is 1.52. The van der Waals surface area contributed by atoms with Gasteiger partial charge in [-0.15, -0.1) is 22.7 Å². The maximum Gasteiger partial charge on any atom is 0.261 e. The van der Waals surface area contributed by atoms with Gasteiger partial charge in [0, 0.05) is 18.1 Å². The molecule has 0 radical (unpaired) electrons. The van der Waals surface area contributed by atoms with Gasteiger partial charge in [0.05, 0.1) is 17.1 Å². The largest absolute Gasteiger partial charge is 0.336 e. The number of aryl methyl sites for hydroxylation is 2. The van der Waals surface area contributed by atoms with Crippen LogP contribution in [-0.2, 0) is 19.4 Å². The molecule has 0 saturated heterocycles. The number of thiophene rings is 1. The van der Waals surface area contributed by atoms with E-state index in [0.717, 1.165) is 46.1 Å². The molecule has 7 heteroatoms. The molecule has 3 heterocycles. The van der Waals surface area contributed by atoms with Crippen LogP contribution < -0.4 is 5.56 Å². The van der Waals surface area contributed by atoms with Crippen LogP contribution in [0.3, 0.4) is 0 Å². The van der Waals surface area contributed by atoms with E-state index in [-0.39, 0.29) is 17.0 Å². The van der Waals surface area contributed by atoms with Crippen molar-refractivity contribution in [1.29, 1.82) is 0 Å². The number of nitrogens with one attached hydrogen (secondary N) is 1. The molecule has 3 aromatic heterocycles. The van der Waals surface area contributed by atoms with Crippen molar-refractivity contribution in [2.45, 2.75) is 25.8 Å². The molecule has 0 spiro atoms. The second-order valence-electron chi connectivity index (χ2n) is 6.15. The second-order valence-corrected chi connectivity index (χ2v) is 7.96. The summed E-state index contributed by atoms with van der Waals surface area (Å²) in [7, 11) is 1.71. The number of aromatic nitrogens is 2. The second kappa shape index (κ2) is 6.57. The number of nitrogens with zero attached hydrogens (tertiary/aromatic N) is 2. The smallest absolute Gasteiger partial charge is 0.261 e. The first kappa shape index (κ1) is 16.2. The minimum absolute atomic E-state index is 0.219. The van der Waals surface area contributed by atoms with Crippen molar-refractivity contribution in [2.24, 2.45) is 0 Å². The number of H-pyrrole nitrogens is 1. The average molecular weight is 371 g/mol. The van der Waals surface area contributed by atoms with Crippen LogP contribution in [0.15, 0.2) is 33.8 Å². The molecule has 1 aliphatic rings. The fourth-order valence-electron chi connectivity index (χ4n) is 3.09. The molecular formula is C18H17N3O2S2. The van der Waals surface area contributed by atoms with Crippen LogP contribution in [0.25, 0.3) is 9.88 Å². The number of hydrogen-bond donors (Lipinski definition) is 1. The molecule has 0 bridgehead atoms. The Morgan fingerprint density at radius 2 is 2.24 bits per heavy atom. The zero-order valence-corrected chi connectivity index (χ0v) is 15.4. The van der Waals surface area contributed by atoms with E-state index in [1.165, 1.54) is 0 Å². The van der Waals surface area contributed by atoms with E-state index in [9.17, 15) is 9.59 Å². The standard InChI is InChI=1S/C18H17N3O2S2/c1-21(9-12-10-25-17(19-12)15-6-3-7-24-15)18(23)13-8-11-4-2-5-14(11)20-16(13)22/h3,6-8,10H,2,4-5,9H2,1H3,(H,20,22). The van der Waals surface area contributed by atoms with E-state index in [0.29, 0.717) is 6.54 Å². The van der Waals surface area contributed by atoms with Gasteiger partial charge in [0.15, 0.2) is 0 Å². The Kier molecular flexibility index (Phi) is 4.27. The third kappa shape index (κ3) is 3.17. The first-order chi connectivity index (χ1) is 12.1. The van der Waals surface area contributed by atoms with E-state index < -0.39 is 0 Å². The molecule has 0 fully saturated rings. The molecule has 0 aliphatic heterocycles. The average Bonchev–Trinajstić information content (AvgIpc) is 3.33. The van der Waals surface area contributed by atoms with E-state index in [1.54, 1.807) is 40.7 Å². The predicted molar refractivity (Wildman–Crippen MR) is 100 cm³/mol. The zero-order chi connectivity index (χ0) is 17.4. The van der Waals surface area contributed by atoms with Gasteiger partial charge in [-0.1, -0.05) is 6.07 Å². The third-order valence-corrected chi connectivity index (χ3v) is 6.28. The fourth-order valence-corrected chi connectivity index (χ4v) is 4.71. The lowest BCUT2D eigenvalue weighted by molar-refractivity contribution is 0.0781. The van der Waals surface area contributed by atoms with E-state index >= 15 is 0 Å². The zero-order valence-electron chi connectivity index (χ0n) is 13.7. The molecule has 0 saturated carbocycles. The van der Waals surface area contributed by atoms with Crippen molar-refractivity contribution < 1.29 is 4.79 Å². The van der Waals surface area contributed by atoms with Gasteiger partial charge in [-0.2, -0.15) is 0 Å². The fraction of sp³-hybridized carbons (Fsp3) is 0.278. The van der Waals surface area contributed by atoms with E-state index in [4.69, 9.17) is 0 Å². The Hall–Kier alpha value is -2.25. The SMILES string of the molecule is CN(Cc1csc(-c2cccs2)n1)C(=O)c1cc2c([nH]c1=O)CCC2. The highest BCUT2D eigenvalue weighted by Gasteiger charge is 2.21. The summed E-state index contributed by atoms with van der Waals surface area (Å²) in [5, 5.41) is 4.94. The maximum absolute atomic E-state index is 12.7. The third-order valence-electron chi connectivity index (χ3n) is 4.35. The highest BCUT2D eigenvalue weighted by molar-refractivity contribution is 7.20. The highest BCUT2D eigenvalue weighted by atomic mass is 32.1. The summed E-state index contributed by atoms with van der Waals surface area (Å²) in [6.45, 7) is 0.386. The van der Waals surface area contributed by atoms with E-state index in [2.05, 4.69) is 9.97 Å². The summed E-state index contributed by atoms with van der Waals surface area (Å²) in [4.78, 5) is 35.1. The van der Waals surface area contributed by atoms with Gasteiger partial charge < -0.3 is 9.88 Å². The number of rotatable bonds is 4. The summed E-state index contributed by atoms with van der Waals surface area (Å²) >= 11 is 3.22. The number of hydrogen-bond acceptors (Lipinski definition) is 5. The maximum atomic E-state index is 12.7. The quantitative estimate of drug-likeness (QED) is 0.765. The minimum atomic E-state index is -0.296. The summed E-state index contributed by atoms with van der Waals surface area (Å²) in [6.07, 6.45) is 2.84. The van der Waals surface area contributed by atoms with Gasteiger partial charge in [0.2, 0.25) is 0 Å². The van der Waals surface area contributed by atoms with E-state index in [1.807, 2.05) is 22.9 Å². The van der Waals surface area contributed by atoms with Crippen LogP contribution >= 0.6 is 22.7 Å². The van der Waals surface area contributed by atoms with Crippen molar-refractivity contribution >= 4 is 28.6 Å². The first-order valence-electron chi connectivity index (χ1n) is 8.10. The summed E-state index contributed by atoms with van der Waals surface area (Å²) in [6, 6.07) is 5.79. The topological polar surface area (TPSA) is 66.1 Å². The number of carbonyl (C=O) groups is 1. The van der Waals surface area contributed by atoms with Gasteiger partial charge >= 0.3 is 0 Å². The first-order valence-corrected chi connectivity index (χ1v) is 9.86. The monoisotopic (exact) mass is 371 g/mol. The number of pyridine rings is 1. The van der Waals surface area contributed by atoms with Gasteiger partial charge in [0.25, 0.3) is 11.5 Å². The molecule has 0 unspecified atom stereocenters. The Morgan fingerprint density at radius 1 is 1.36 bits per heavy atom. The molecule has 4 rings (SSSR count). The van der Waals surface area contributed by atoms with Crippen molar-refractivity contribution in [2.75, 3.05) is 7.05 Å². The van der Waals surface area contributed by atoms with Crippen LogP contribution in [0.4, 0.5) is 0 Å². The Bertz CT molecular complexity index is 973. The van der Waals surface area contributed by atoms with Crippen molar-refractivity contribution in [3.8, 4) is 9.88 Å². The molecule has 1 amide bonds. The number of thiazole rings is 1. The molecule has 128 valence electrons.